The summed E-state index contributed by atoms with van der Waals surface area (Å²) >= 11 is 0. The molecule has 1 aliphatic rings. The van der Waals surface area contributed by atoms with Crippen LogP contribution < -0.4 is 5.73 Å². The number of phenols is 1. The second-order valence-electron chi connectivity index (χ2n) is 6.00. The molecule has 1 heterocycles. The van der Waals surface area contributed by atoms with E-state index in [0.717, 1.165) is 13.1 Å². The van der Waals surface area contributed by atoms with Gasteiger partial charge in [0.05, 0.1) is 6.04 Å². The minimum absolute atomic E-state index is 0.197. The van der Waals surface area contributed by atoms with E-state index in [1.807, 2.05) is 18.2 Å². The fraction of sp³-hybridized carbons (Fsp3) is 0.333. The van der Waals surface area contributed by atoms with E-state index in [4.69, 9.17) is 5.73 Å². The topological polar surface area (TPSA) is 49.5 Å². The Hall–Kier alpha value is -1.84. The van der Waals surface area contributed by atoms with Gasteiger partial charge in [0, 0.05) is 19.1 Å². The fourth-order valence-electron chi connectivity index (χ4n) is 3.15. The molecule has 0 amide bonds. The largest absolute Gasteiger partial charge is 0.508 e. The number of hydrogen-bond acceptors (Lipinski definition) is 3. The summed E-state index contributed by atoms with van der Waals surface area (Å²) in [5.74, 6) is 0.811. The molecule has 0 saturated carbocycles. The number of nitrogens with two attached hydrogens (primary N) is 1. The van der Waals surface area contributed by atoms with Gasteiger partial charge in [0.1, 0.15) is 5.75 Å². The Labute approximate surface area is 126 Å². The Morgan fingerprint density at radius 2 is 1.62 bits per heavy atom. The van der Waals surface area contributed by atoms with Crippen molar-refractivity contribution in [3.05, 3.63) is 65.7 Å². The van der Waals surface area contributed by atoms with Crippen molar-refractivity contribution in [2.24, 2.45) is 11.7 Å². The molecule has 0 bridgehead atoms. The van der Waals surface area contributed by atoms with Crippen LogP contribution in [0.3, 0.4) is 0 Å². The molecule has 1 saturated heterocycles. The minimum Gasteiger partial charge on any atom is -0.508 e. The number of nitrogens with zero attached hydrogens (tertiary/aromatic N) is 1. The van der Waals surface area contributed by atoms with Crippen molar-refractivity contribution >= 4 is 0 Å². The van der Waals surface area contributed by atoms with Crippen molar-refractivity contribution in [3.8, 4) is 5.75 Å². The SMILES string of the molecule is CC1CN(C(c2ccccc2)c2ccc(O)cc2)CC1N. The molecule has 3 rings (SSSR count). The molecule has 0 radical (unpaired) electrons. The monoisotopic (exact) mass is 282 g/mol. The molecule has 3 heteroatoms. The standard InChI is InChI=1S/C18H22N2O/c1-13-11-20(12-17(13)19)18(14-5-3-2-4-6-14)15-7-9-16(21)10-8-15/h2-10,13,17-18,21H,11-12,19H2,1H3. The van der Waals surface area contributed by atoms with E-state index >= 15 is 0 Å². The smallest absolute Gasteiger partial charge is 0.115 e. The van der Waals surface area contributed by atoms with Crippen LogP contribution >= 0.6 is 0 Å². The van der Waals surface area contributed by atoms with Gasteiger partial charge in [0.2, 0.25) is 0 Å². The van der Waals surface area contributed by atoms with E-state index in [1.165, 1.54) is 11.1 Å². The fourth-order valence-corrected chi connectivity index (χ4v) is 3.15. The van der Waals surface area contributed by atoms with Gasteiger partial charge in [-0.15, -0.1) is 0 Å². The van der Waals surface area contributed by atoms with Gasteiger partial charge < -0.3 is 10.8 Å². The van der Waals surface area contributed by atoms with Gasteiger partial charge >= 0.3 is 0 Å². The summed E-state index contributed by atoms with van der Waals surface area (Å²) in [5.41, 5.74) is 8.67. The van der Waals surface area contributed by atoms with Crippen LogP contribution in [-0.2, 0) is 0 Å². The molecule has 2 aromatic rings. The van der Waals surface area contributed by atoms with E-state index in [1.54, 1.807) is 12.1 Å². The molecule has 3 N–H and O–H groups in total. The summed E-state index contributed by atoms with van der Waals surface area (Å²) < 4.78 is 0. The normalized spacial score (nSPS) is 24.1. The van der Waals surface area contributed by atoms with E-state index in [0.29, 0.717) is 11.7 Å². The first kappa shape index (κ1) is 14.1. The average Bonchev–Trinajstić information content (AvgIpc) is 2.82. The van der Waals surface area contributed by atoms with Crippen LogP contribution in [0.15, 0.2) is 54.6 Å². The number of aromatic hydroxyl groups is 1. The highest BCUT2D eigenvalue weighted by Gasteiger charge is 2.32. The molecule has 21 heavy (non-hydrogen) atoms. The van der Waals surface area contributed by atoms with E-state index in [-0.39, 0.29) is 12.1 Å². The maximum absolute atomic E-state index is 9.52. The van der Waals surface area contributed by atoms with Gasteiger partial charge in [-0.3, -0.25) is 4.90 Å². The average molecular weight is 282 g/mol. The summed E-state index contributed by atoms with van der Waals surface area (Å²) in [4.78, 5) is 2.44. The predicted octanol–water partition coefficient (Wildman–Crippen LogP) is 2.76. The van der Waals surface area contributed by atoms with E-state index in [9.17, 15) is 5.11 Å². The first-order chi connectivity index (χ1) is 10.1. The van der Waals surface area contributed by atoms with E-state index in [2.05, 4.69) is 36.1 Å². The van der Waals surface area contributed by atoms with Gasteiger partial charge in [0.25, 0.3) is 0 Å². The zero-order valence-electron chi connectivity index (χ0n) is 12.3. The molecule has 3 unspecified atom stereocenters. The Bertz CT molecular complexity index is 572. The molecular weight excluding hydrogens is 260 g/mol. The van der Waals surface area contributed by atoms with Crippen LogP contribution in [-0.4, -0.2) is 29.1 Å². The Kier molecular flexibility index (Phi) is 3.95. The summed E-state index contributed by atoms with van der Waals surface area (Å²) in [6.45, 7) is 4.12. The summed E-state index contributed by atoms with van der Waals surface area (Å²) in [6.07, 6.45) is 0. The number of rotatable bonds is 3. The van der Waals surface area contributed by atoms with Crippen molar-refractivity contribution in [3.63, 3.8) is 0 Å². The number of benzene rings is 2. The highest BCUT2D eigenvalue weighted by Crippen LogP contribution is 2.33. The quantitative estimate of drug-likeness (QED) is 0.910. The van der Waals surface area contributed by atoms with Gasteiger partial charge in [-0.05, 0) is 29.2 Å². The zero-order valence-corrected chi connectivity index (χ0v) is 12.3. The van der Waals surface area contributed by atoms with Crippen LogP contribution in [0.4, 0.5) is 0 Å². The molecular formula is C18H22N2O. The molecule has 1 fully saturated rings. The summed E-state index contributed by atoms with van der Waals surface area (Å²) in [6, 6.07) is 18.4. The second kappa shape index (κ2) is 5.88. The number of phenolic OH excluding ortho intramolecular Hbond substituents is 1. The molecule has 3 nitrogen and oxygen atoms in total. The maximum Gasteiger partial charge on any atom is 0.115 e. The van der Waals surface area contributed by atoms with Crippen LogP contribution in [0, 0.1) is 5.92 Å². The van der Waals surface area contributed by atoms with Crippen LogP contribution in [0.1, 0.15) is 24.1 Å². The second-order valence-corrected chi connectivity index (χ2v) is 6.00. The van der Waals surface area contributed by atoms with E-state index < -0.39 is 0 Å². The van der Waals surface area contributed by atoms with Gasteiger partial charge in [-0.2, -0.15) is 0 Å². The number of likely N-dealkylation sites (tertiary alicyclic amines) is 1. The molecule has 0 aromatic heterocycles. The molecule has 1 aliphatic heterocycles. The lowest BCUT2D eigenvalue weighted by atomic mass is 9.97. The van der Waals surface area contributed by atoms with Crippen molar-refractivity contribution < 1.29 is 5.11 Å². The van der Waals surface area contributed by atoms with Crippen molar-refractivity contribution in [1.29, 1.82) is 0 Å². The van der Waals surface area contributed by atoms with Gasteiger partial charge in [-0.1, -0.05) is 49.4 Å². The third-order valence-corrected chi connectivity index (χ3v) is 4.39. The van der Waals surface area contributed by atoms with Gasteiger partial charge in [-0.25, -0.2) is 0 Å². The lowest BCUT2D eigenvalue weighted by Gasteiger charge is -2.29. The van der Waals surface area contributed by atoms with Crippen molar-refractivity contribution in [2.45, 2.75) is 19.0 Å². The maximum atomic E-state index is 9.52. The lowest BCUT2D eigenvalue weighted by Crippen LogP contribution is -2.31. The summed E-state index contributed by atoms with van der Waals surface area (Å²) in [5, 5.41) is 9.52. The highest BCUT2D eigenvalue weighted by atomic mass is 16.3. The highest BCUT2D eigenvalue weighted by molar-refractivity contribution is 5.35. The van der Waals surface area contributed by atoms with Crippen molar-refractivity contribution in [2.75, 3.05) is 13.1 Å². The Morgan fingerprint density at radius 3 is 2.19 bits per heavy atom. The van der Waals surface area contributed by atoms with Crippen LogP contribution in [0.25, 0.3) is 0 Å². The van der Waals surface area contributed by atoms with Crippen LogP contribution in [0.5, 0.6) is 5.75 Å². The lowest BCUT2D eigenvalue weighted by molar-refractivity contribution is 0.270. The minimum atomic E-state index is 0.197. The Morgan fingerprint density at radius 1 is 1.00 bits per heavy atom. The molecule has 3 atom stereocenters. The first-order valence-electron chi connectivity index (χ1n) is 7.48. The predicted molar refractivity (Wildman–Crippen MR) is 85.1 cm³/mol. The van der Waals surface area contributed by atoms with Gasteiger partial charge in [0.15, 0.2) is 0 Å². The van der Waals surface area contributed by atoms with Crippen molar-refractivity contribution in [1.82, 2.24) is 4.90 Å². The molecule has 0 aliphatic carbocycles. The molecule has 2 aromatic carbocycles. The molecule has 0 spiro atoms. The Balaban J connectivity index is 1.97. The first-order valence-corrected chi connectivity index (χ1v) is 7.48. The molecule has 110 valence electrons. The van der Waals surface area contributed by atoms with Crippen LogP contribution in [0.2, 0.25) is 0 Å². The third kappa shape index (κ3) is 2.94. The number of hydrogen-bond donors (Lipinski definition) is 2. The summed E-state index contributed by atoms with van der Waals surface area (Å²) in [7, 11) is 0. The third-order valence-electron chi connectivity index (χ3n) is 4.39. The zero-order chi connectivity index (χ0) is 14.8.